The van der Waals surface area contributed by atoms with Gasteiger partial charge in [0.05, 0.1) is 11.9 Å². The van der Waals surface area contributed by atoms with Gasteiger partial charge in [-0.05, 0) is 42.0 Å². The standard InChI is InChI=1S/C18H17F3N4O5S/c1-10(11-7-8-22-14(9-11)24-31(2,28)29)15-16(26)25(17(27)23-15)12-3-5-13(6-4-12)30-18(19,20)21/h3-10,15H,1-2H3,(H,22,24)(H,23,27). The van der Waals surface area contributed by atoms with Crippen molar-refractivity contribution >= 4 is 33.5 Å². The molecule has 0 bridgehead atoms. The fourth-order valence-electron chi connectivity index (χ4n) is 3.05. The predicted octanol–water partition coefficient (Wildman–Crippen LogP) is 2.58. The molecule has 0 spiro atoms. The van der Waals surface area contributed by atoms with Crippen molar-refractivity contribution in [3.8, 4) is 5.75 Å². The number of ether oxygens (including phenoxy) is 1. The first-order valence-corrected chi connectivity index (χ1v) is 10.7. The van der Waals surface area contributed by atoms with Crippen molar-refractivity contribution in [2.75, 3.05) is 15.9 Å². The summed E-state index contributed by atoms with van der Waals surface area (Å²) in [5, 5.41) is 2.54. The molecule has 2 heterocycles. The van der Waals surface area contributed by atoms with Gasteiger partial charge in [-0.3, -0.25) is 9.52 Å². The monoisotopic (exact) mass is 458 g/mol. The first kappa shape index (κ1) is 22.3. The molecule has 1 aromatic heterocycles. The summed E-state index contributed by atoms with van der Waals surface area (Å²) < 4.78 is 65.7. The average molecular weight is 458 g/mol. The largest absolute Gasteiger partial charge is 0.573 e. The Hall–Kier alpha value is -3.35. The van der Waals surface area contributed by atoms with E-state index in [0.29, 0.717) is 5.56 Å². The Morgan fingerprint density at radius 3 is 2.42 bits per heavy atom. The Kier molecular flexibility index (Phi) is 5.81. The van der Waals surface area contributed by atoms with Crippen LogP contribution in [0.3, 0.4) is 0 Å². The Balaban J connectivity index is 1.79. The summed E-state index contributed by atoms with van der Waals surface area (Å²) in [7, 11) is -3.56. The molecule has 2 atom stereocenters. The number of urea groups is 1. The number of carbonyl (C=O) groups excluding carboxylic acids is 2. The number of pyridine rings is 1. The Bertz CT molecular complexity index is 1110. The van der Waals surface area contributed by atoms with E-state index in [2.05, 4.69) is 19.8 Å². The number of anilines is 2. The van der Waals surface area contributed by atoms with E-state index in [4.69, 9.17) is 0 Å². The lowest BCUT2D eigenvalue weighted by atomic mass is 9.94. The number of aromatic nitrogens is 1. The summed E-state index contributed by atoms with van der Waals surface area (Å²) in [5.41, 5.74) is 0.608. The van der Waals surface area contributed by atoms with Crippen LogP contribution in [-0.4, -0.2) is 44.0 Å². The van der Waals surface area contributed by atoms with Gasteiger partial charge >= 0.3 is 12.4 Å². The minimum Gasteiger partial charge on any atom is -0.406 e. The molecule has 1 aliphatic rings. The minimum atomic E-state index is -4.86. The highest BCUT2D eigenvalue weighted by Gasteiger charge is 2.42. The molecule has 2 unspecified atom stereocenters. The minimum absolute atomic E-state index is 0.0562. The highest BCUT2D eigenvalue weighted by Crippen LogP contribution is 2.30. The molecular weight excluding hydrogens is 441 g/mol. The van der Waals surface area contributed by atoms with Gasteiger partial charge < -0.3 is 10.1 Å². The number of nitrogens with zero attached hydrogens (tertiary/aromatic N) is 2. The van der Waals surface area contributed by atoms with Gasteiger partial charge in [0.15, 0.2) is 0 Å². The molecule has 1 saturated heterocycles. The summed E-state index contributed by atoms with van der Waals surface area (Å²) in [6.45, 7) is 1.66. The number of hydrogen-bond acceptors (Lipinski definition) is 6. The summed E-state index contributed by atoms with van der Waals surface area (Å²) in [4.78, 5) is 30.0. The molecule has 1 aromatic carbocycles. The van der Waals surface area contributed by atoms with E-state index in [1.54, 1.807) is 13.0 Å². The maximum atomic E-state index is 12.9. The number of hydrogen-bond donors (Lipinski definition) is 2. The van der Waals surface area contributed by atoms with E-state index in [0.717, 1.165) is 35.4 Å². The van der Waals surface area contributed by atoms with Crippen LogP contribution < -0.4 is 19.7 Å². The Morgan fingerprint density at radius 2 is 1.84 bits per heavy atom. The predicted molar refractivity (Wildman–Crippen MR) is 104 cm³/mol. The van der Waals surface area contributed by atoms with E-state index >= 15 is 0 Å². The van der Waals surface area contributed by atoms with Crippen LogP contribution in [0, 0.1) is 0 Å². The van der Waals surface area contributed by atoms with Gasteiger partial charge in [-0.2, -0.15) is 0 Å². The van der Waals surface area contributed by atoms with Gasteiger partial charge in [-0.25, -0.2) is 23.1 Å². The van der Waals surface area contributed by atoms with E-state index in [9.17, 15) is 31.2 Å². The lowest BCUT2D eigenvalue weighted by Crippen LogP contribution is -2.35. The highest BCUT2D eigenvalue weighted by atomic mass is 32.2. The number of imide groups is 1. The van der Waals surface area contributed by atoms with Gasteiger partial charge in [0.25, 0.3) is 5.91 Å². The van der Waals surface area contributed by atoms with E-state index in [1.165, 1.54) is 12.3 Å². The first-order chi connectivity index (χ1) is 14.3. The molecule has 3 amide bonds. The molecule has 0 aliphatic carbocycles. The van der Waals surface area contributed by atoms with Crippen molar-refractivity contribution in [3.05, 3.63) is 48.2 Å². The van der Waals surface area contributed by atoms with E-state index in [1.807, 2.05) is 0 Å². The lowest BCUT2D eigenvalue weighted by molar-refractivity contribution is -0.274. The zero-order chi connectivity index (χ0) is 23.0. The maximum Gasteiger partial charge on any atom is 0.573 e. The van der Waals surface area contributed by atoms with Crippen molar-refractivity contribution in [1.29, 1.82) is 0 Å². The summed E-state index contributed by atoms with van der Waals surface area (Å²) in [6, 6.07) is 5.60. The summed E-state index contributed by atoms with van der Waals surface area (Å²) in [5.74, 6) is -1.61. The number of alkyl halides is 3. The molecule has 1 fully saturated rings. The summed E-state index contributed by atoms with van der Waals surface area (Å²) in [6.07, 6.45) is -2.54. The molecule has 1 aliphatic heterocycles. The second-order valence-electron chi connectivity index (χ2n) is 6.78. The molecule has 13 heteroatoms. The smallest absolute Gasteiger partial charge is 0.406 e. The van der Waals surface area contributed by atoms with Crippen molar-refractivity contribution < 1.29 is 35.9 Å². The number of benzene rings is 1. The molecule has 0 saturated carbocycles. The zero-order valence-corrected chi connectivity index (χ0v) is 17.0. The molecule has 0 radical (unpaired) electrons. The third-order valence-electron chi connectivity index (χ3n) is 4.40. The molecule has 3 rings (SSSR count). The van der Waals surface area contributed by atoms with Crippen molar-refractivity contribution in [3.63, 3.8) is 0 Å². The first-order valence-electron chi connectivity index (χ1n) is 8.78. The normalized spacial score (nSPS) is 18.0. The number of halogens is 3. The molecule has 31 heavy (non-hydrogen) atoms. The fourth-order valence-corrected chi connectivity index (χ4v) is 3.54. The maximum absolute atomic E-state index is 12.9. The van der Waals surface area contributed by atoms with Gasteiger partial charge in [0.1, 0.15) is 17.6 Å². The van der Waals surface area contributed by atoms with Crippen LogP contribution in [0.5, 0.6) is 5.75 Å². The number of amides is 3. The van der Waals surface area contributed by atoms with Gasteiger partial charge in [-0.1, -0.05) is 6.92 Å². The van der Waals surface area contributed by atoms with Crippen LogP contribution >= 0.6 is 0 Å². The molecule has 2 N–H and O–H groups in total. The van der Waals surface area contributed by atoms with Gasteiger partial charge in [0, 0.05) is 12.1 Å². The van der Waals surface area contributed by atoms with Crippen LogP contribution in [0.15, 0.2) is 42.6 Å². The number of sulfonamides is 1. The molecule has 166 valence electrons. The van der Waals surface area contributed by atoms with Crippen molar-refractivity contribution in [2.24, 2.45) is 0 Å². The topological polar surface area (TPSA) is 118 Å². The average Bonchev–Trinajstić information content (AvgIpc) is 2.94. The van der Waals surface area contributed by atoms with Gasteiger partial charge in [0.2, 0.25) is 10.0 Å². The van der Waals surface area contributed by atoms with Crippen molar-refractivity contribution in [1.82, 2.24) is 10.3 Å². The van der Waals surface area contributed by atoms with Crippen LogP contribution in [0.4, 0.5) is 29.5 Å². The Labute approximate surface area is 175 Å². The third-order valence-corrected chi connectivity index (χ3v) is 4.98. The van der Waals surface area contributed by atoms with Crippen molar-refractivity contribution in [2.45, 2.75) is 25.2 Å². The molecular formula is C18H17F3N4O5S. The number of carbonyl (C=O) groups is 2. The van der Waals surface area contributed by atoms with Crippen LogP contribution in [0.1, 0.15) is 18.4 Å². The van der Waals surface area contributed by atoms with E-state index in [-0.39, 0.29) is 11.5 Å². The van der Waals surface area contributed by atoms with Gasteiger partial charge in [-0.15, -0.1) is 13.2 Å². The second kappa shape index (κ2) is 8.06. The Morgan fingerprint density at radius 1 is 1.19 bits per heavy atom. The highest BCUT2D eigenvalue weighted by molar-refractivity contribution is 7.92. The molecule has 9 nitrogen and oxygen atoms in total. The lowest BCUT2D eigenvalue weighted by Gasteiger charge is -2.19. The third kappa shape index (κ3) is 5.42. The van der Waals surface area contributed by atoms with E-state index < -0.39 is 46.0 Å². The zero-order valence-electron chi connectivity index (χ0n) is 16.2. The fraction of sp³-hybridized carbons (Fsp3) is 0.278. The molecule has 2 aromatic rings. The quantitative estimate of drug-likeness (QED) is 0.643. The van der Waals surface area contributed by atoms with Crippen LogP contribution in [0.25, 0.3) is 0 Å². The number of rotatable bonds is 6. The van der Waals surface area contributed by atoms with Crippen LogP contribution in [-0.2, 0) is 14.8 Å². The second-order valence-corrected chi connectivity index (χ2v) is 8.53. The number of nitrogens with one attached hydrogen (secondary N) is 2. The van der Waals surface area contributed by atoms with Crippen LogP contribution in [0.2, 0.25) is 0 Å². The SMILES string of the molecule is CC(c1ccnc(NS(C)(=O)=O)c1)C1NC(=O)N(c2ccc(OC(F)(F)F)cc2)C1=O. The summed E-state index contributed by atoms with van der Waals surface area (Å²) >= 11 is 0.